The van der Waals surface area contributed by atoms with Crippen molar-refractivity contribution >= 4 is 12.0 Å². The first kappa shape index (κ1) is 20.5. The predicted molar refractivity (Wildman–Crippen MR) is 109 cm³/mol. The van der Waals surface area contributed by atoms with Crippen LogP contribution in [0.2, 0.25) is 0 Å². The van der Waals surface area contributed by atoms with Crippen LogP contribution >= 0.6 is 0 Å². The number of hydrogen-bond acceptors (Lipinski definition) is 6. The van der Waals surface area contributed by atoms with Gasteiger partial charge in [0.1, 0.15) is 11.5 Å². The number of aromatic hydroxyl groups is 3. The highest BCUT2D eigenvalue weighted by molar-refractivity contribution is 5.84. The van der Waals surface area contributed by atoms with Gasteiger partial charge in [0.15, 0.2) is 11.5 Å². The van der Waals surface area contributed by atoms with E-state index < -0.39 is 17.7 Å². The molecule has 0 saturated carbocycles. The Bertz CT molecular complexity index is 1080. The second-order valence-electron chi connectivity index (χ2n) is 6.62. The van der Waals surface area contributed by atoms with E-state index >= 15 is 0 Å². The van der Waals surface area contributed by atoms with E-state index in [0.29, 0.717) is 16.7 Å². The second kappa shape index (κ2) is 8.87. The fourth-order valence-corrected chi connectivity index (χ4v) is 2.79. The summed E-state index contributed by atoms with van der Waals surface area (Å²) in [6.07, 6.45) is -1.11. The minimum Gasteiger partial charge on any atom is -0.508 e. The van der Waals surface area contributed by atoms with Gasteiger partial charge in [0.05, 0.1) is 6.42 Å². The maximum atomic E-state index is 12.1. The minimum atomic E-state index is -1.03. The number of ether oxygens (including phenoxy) is 1. The molecule has 0 aliphatic rings. The third kappa shape index (κ3) is 5.20. The van der Waals surface area contributed by atoms with Crippen molar-refractivity contribution in [1.82, 2.24) is 10.9 Å². The zero-order valence-corrected chi connectivity index (χ0v) is 16.0. The van der Waals surface area contributed by atoms with E-state index in [0.717, 1.165) is 11.6 Å². The zero-order valence-electron chi connectivity index (χ0n) is 16.0. The van der Waals surface area contributed by atoms with Gasteiger partial charge in [0, 0.05) is 11.6 Å². The molecule has 0 aliphatic heterocycles. The van der Waals surface area contributed by atoms with Crippen LogP contribution in [-0.4, -0.2) is 27.3 Å². The van der Waals surface area contributed by atoms with Crippen LogP contribution in [0.3, 0.4) is 0 Å². The first-order chi connectivity index (χ1) is 14.3. The van der Waals surface area contributed by atoms with E-state index in [-0.39, 0.29) is 23.7 Å². The molecule has 3 aromatic rings. The second-order valence-corrected chi connectivity index (χ2v) is 6.62. The predicted octanol–water partition coefficient (Wildman–Crippen LogP) is 3.14. The van der Waals surface area contributed by atoms with E-state index in [2.05, 4.69) is 10.9 Å². The lowest BCUT2D eigenvalue weighted by molar-refractivity contribution is -0.121. The number of aryl methyl sites for hydroxylation is 1. The maximum absolute atomic E-state index is 12.1. The third-order valence-corrected chi connectivity index (χ3v) is 4.19. The van der Waals surface area contributed by atoms with E-state index in [1.54, 1.807) is 24.3 Å². The molecule has 0 saturated heterocycles. The quantitative estimate of drug-likeness (QED) is 0.422. The number of phenols is 3. The number of nitrogens with one attached hydrogen (secondary N) is 2. The maximum Gasteiger partial charge on any atom is 0.431 e. The molecule has 154 valence electrons. The van der Waals surface area contributed by atoms with Gasteiger partial charge in [-0.1, -0.05) is 42.0 Å². The number of benzene rings is 3. The summed E-state index contributed by atoms with van der Waals surface area (Å²) in [6.45, 7) is 1.91. The standard InChI is InChI=1S/C22H20N2O6/c1-13-5-7-15(8-6-13)18-11-17(26)12-19(27)21(18)30-22(29)24-23-20(28)10-14-3-2-4-16(25)9-14/h2-9,11-12,25-27H,10H2,1H3,(H,23,28)(H,24,29). The fraction of sp³-hybridized carbons (Fsp3) is 0.0909. The van der Waals surface area contributed by atoms with Gasteiger partial charge in [0.2, 0.25) is 5.91 Å². The average molecular weight is 408 g/mol. The summed E-state index contributed by atoms with van der Waals surface area (Å²) >= 11 is 0. The van der Waals surface area contributed by atoms with Gasteiger partial charge in [-0.25, -0.2) is 10.2 Å². The zero-order chi connectivity index (χ0) is 21.7. The summed E-state index contributed by atoms with van der Waals surface area (Å²) in [6, 6.07) is 15.7. The number of rotatable bonds is 4. The fourth-order valence-electron chi connectivity index (χ4n) is 2.79. The molecule has 0 atom stereocenters. The molecule has 0 heterocycles. The van der Waals surface area contributed by atoms with Crippen molar-refractivity contribution in [2.45, 2.75) is 13.3 Å². The van der Waals surface area contributed by atoms with Crippen LogP contribution < -0.4 is 15.6 Å². The molecule has 0 aliphatic carbocycles. The number of phenolic OH excluding ortho intramolecular Hbond substituents is 3. The first-order valence-electron chi connectivity index (χ1n) is 8.99. The highest BCUT2D eigenvalue weighted by atomic mass is 16.6. The molecule has 0 bridgehead atoms. The molecule has 3 rings (SSSR count). The molecule has 0 radical (unpaired) electrons. The average Bonchev–Trinajstić information content (AvgIpc) is 2.69. The van der Waals surface area contributed by atoms with Crippen molar-refractivity contribution < 1.29 is 29.6 Å². The van der Waals surface area contributed by atoms with E-state index in [1.165, 1.54) is 18.2 Å². The van der Waals surface area contributed by atoms with Crippen LogP contribution in [0.25, 0.3) is 11.1 Å². The van der Waals surface area contributed by atoms with Crippen LogP contribution in [0.4, 0.5) is 4.79 Å². The molecule has 30 heavy (non-hydrogen) atoms. The first-order valence-corrected chi connectivity index (χ1v) is 8.99. The van der Waals surface area contributed by atoms with E-state index in [4.69, 9.17) is 4.74 Å². The van der Waals surface area contributed by atoms with Crippen molar-refractivity contribution in [1.29, 1.82) is 0 Å². The summed E-state index contributed by atoms with van der Waals surface area (Å²) in [5.41, 5.74) is 6.77. The Morgan fingerprint density at radius 1 is 0.900 bits per heavy atom. The lowest BCUT2D eigenvalue weighted by Gasteiger charge is -2.14. The largest absolute Gasteiger partial charge is 0.508 e. The number of carbonyl (C=O) groups is 2. The highest BCUT2D eigenvalue weighted by Crippen LogP contribution is 2.40. The lowest BCUT2D eigenvalue weighted by Crippen LogP contribution is -2.43. The van der Waals surface area contributed by atoms with Crippen molar-refractivity contribution in [2.75, 3.05) is 0 Å². The van der Waals surface area contributed by atoms with Gasteiger partial charge in [-0.15, -0.1) is 0 Å². The molecule has 2 amide bonds. The lowest BCUT2D eigenvalue weighted by atomic mass is 10.0. The van der Waals surface area contributed by atoms with E-state index in [1.807, 2.05) is 19.1 Å². The summed E-state index contributed by atoms with van der Waals surface area (Å²) in [5, 5.41) is 29.4. The van der Waals surface area contributed by atoms with Gasteiger partial charge < -0.3 is 20.1 Å². The van der Waals surface area contributed by atoms with Gasteiger partial charge in [-0.2, -0.15) is 0 Å². The van der Waals surface area contributed by atoms with Gasteiger partial charge >= 0.3 is 6.09 Å². The number of hydrogen-bond donors (Lipinski definition) is 5. The molecule has 5 N–H and O–H groups in total. The van der Waals surface area contributed by atoms with Crippen molar-refractivity contribution in [2.24, 2.45) is 0 Å². The Morgan fingerprint density at radius 2 is 1.63 bits per heavy atom. The molecular formula is C22H20N2O6. The number of hydrazine groups is 1. The summed E-state index contributed by atoms with van der Waals surface area (Å²) in [4.78, 5) is 24.1. The summed E-state index contributed by atoms with van der Waals surface area (Å²) in [7, 11) is 0. The Kier molecular flexibility index (Phi) is 6.07. The highest BCUT2D eigenvalue weighted by Gasteiger charge is 2.18. The molecular weight excluding hydrogens is 388 g/mol. The monoisotopic (exact) mass is 408 g/mol. The molecule has 0 unspecified atom stereocenters. The Balaban J connectivity index is 1.69. The third-order valence-electron chi connectivity index (χ3n) is 4.19. The SMILES string of the molecule is Cc1ccc(-c2cc(O)cc(O)c2OC(=O)NNC(=O)Cc2cccc(O)c2)cc1. The Morgan fingerprint density at radius 3 is 2.33 bits per heavy atom. The molecule has 0 fully saturated rings. The normalized spacial score (nSPS) is 10.3. The smallest absolute Gasteiger partial charge is 0.431 e. The molecule has 8 nitrogen and oxygen atoms in total. The number of amides is 2. The van der Waals surface area contributed by atoms with Gasteiger partial charge in [-0.05, 0) is 36.2 Å². The Hall–Kier alpha value is -4.20. The van der Waals surface area contributed by atoms with Crippen molar-refractivity contribution in [3.05, 3.63) is 71.8 Å². The minimum absolute atomic E-state index is 0.0270. The van der Waals surface area contributed by atoms with Crippen LogP contribution in [0, 0.1) is 6.92 Å². The molecule has 3 aromatic carbocycles. The Labute approximate surface area is 172 Å². The van der Waals surface area contributed by atoms with Crippen molar-refractivity contribution in [3.8, 4) is 34.1 Å². The summed E-state index contributed by atoms with van der Waals surface area (Å²) < 4.78 is 5.17. The van der Waals surface area contributed by atoms with Crippen LogP contribution in [0.5, 0.6) is 23.0 Å². The van der Waals surface area contributed by atoms with Crippen molar-refractivity contribution in [3.63, 3.8) is 0 Å². The molecule has 0 spiro atoms. The van der Waals surface area contributed by atoms with Gasteiger partial charge in [-0.3, -0.25) is 10.2 Å². The number of carbonyl (C=O) groups excluding carboxylic acids is 2. The summed E-state index contributed by atoms with van der Waals surface area (Å²) in [5.74, 6) is -1.32. The van der Waals surface area contributed by atoms with Gasteiger partial charge in [0.25, 0.3) is 0 Å². The molecule has 0 aromatic heterocycles. The van der Waals surface area contributed by atoms with Crippen LogP contribution in [-0.2, 0) is 11.2 Å². The van der Waals surface area contributed by atoms with Crippen LogP contribution in [0.1, 0.15) is 11.1 Å². The van der Waals surface area contributed by atoms with Crippen LogP contribution in [0.15, 0.2) is 60.7 Å². The van der Waals surface area contributed by atoms with E-state index in [9.17, 15) is 24.9 Å². The molecule has 8 heteroatoms. The topological polar surface area (TPSA) is 128 Å².